The minimum Gasteiger partial charge on any atom is -0.392 e. The van der Waals surface area contributed by atoms with Crippen LogP contribution in [0.15, 0.2) is 71.9 Å². The molecule has 63 heavy (non-hydrogen) atoms. The van der Waals surface area contributed by atoms with E-state index in [1.165, 1.54) is 15.8 Å². The van der Waals surface area contributed by atoms with Gasteiger partial charge in [0.05, 0.1) is 18.5 Å². The van der Waals surface area contributed by atoms with E-state index in [0.717, 1.165) is 55.7 Å². The van der Waals surface area contributed by atoms with E-state index in [4.69, 9.17) is 0 Å². The number of anilines is 4. The van der Waals surface area contributed by atoms with E-state index in [2.05, 4.69) is 56.1 Å². The second kappa shape index (κ2) is 15.6. The number of pyridine rings is 3. The van der Waals surface area contributed by atoms with Gasteiger partial charge in [0.15, 0.2) is 0 Å². The number of nitrogens with zero attached hydrogens (tertiary/aromatic N) is 8. The van der Waals surface area contributed by atoms with Crippen molar-refractivity contribution in [2.75, 3.05) is 47.8 Å². The first-order chi connectivity index (χ1) is 30.4. The van der Waals surface area contributed by atoms with Gasteiger partial charge in [0, 0.05) is 94.1 Å². The highest BCUT2D eigenvalue weighted by atomic mass is 16.3. The fourth-order valence-electron chi connectivity index (χ4n) is 10.0. The number of imide groups is 1. The van der Waals surface area contributed by atoms with Gasteiger partial charge in [0.25, 0.3) is 17.4 Å². The average molecular weight is 848 g/mol. The smallest absolute Gasteiger partial charge is 0.276 e. The summed E-state index contributed by atoms with van der Waals surface area (Å²) in [5.41, 5.74) is 8.55. The molecule has 2 saturated heterocycles. The highest BCUT2D eigenvalue weighted by Gasteiger charge is 2.41. The molecule has 4 amide bonds. The predicted molar refractivity (Wildman–Crippen MR) is 237 cm³/mol. The number of aliphatic hydroxyl groups excluding tert-OH is 1. The molecule has 5 aromatic rings. The Morgan fingerprint density at radius 1 is 0.921 bits per heavy atom. The highest BCUT2D eigenvalue weighted by molar-refractivity contribution is 6.51. The molecule has 17 heteroatoms. The molecule has 1 aliphatic carbocycles. The monoisotopic (exact) mass is 847 g/mol. The largest absolute Gasteiger partial charge is 0.392 e. The van der Waals surface area contributed by atoms with Gasteiger partial charge < -0.3 is 34.2 Å². The maximum atomic E-state index is 14.0. The second-order valence-corrected chi connectivity index (χ2v) is 18.0. The van der Waals surface area contributed by atoms with Crippen LogP contribution in [0.5, 0.6) is 0 Å². The van der Waals surface area contributed by atoms with Crippen molar-refractivity contribution in [3.05, 3.63) is 111 Å². The lowest BCUT2D eigenvalue weighted by atomic mass is 9.76. The van der Waals surface area contributed by atoms with Gasteiger partial charge in [-0.1, -0.05) is 31.4 Å². The summed E-state index contributed by atoms with van der Waals surface area (Å²) in [5.74, 6) is -0.154. The van der Waals surface area contributed by atoms with Crippen LogP contribution in [0.25, 0.3) is 11.1 Å². The summed E-state index contributed by atoms with van der Waals surface area (Å²) in [6.45, 7) is 8.51. The van der Waals surface area contributed by atoms with Crippen LogP contribution in [-0.2, 0) is 49.2 Å². The normalized spacial score (nSPS) is 19.6. The molecule has 5 aliphatic rings. The molecule has 4 aromatic heterocycles. The van der Waals surface area contributed by atoms with Crippen LogP contribution < -0.4 is 31.5 Å². The Hall–Kier alpha value is -6.59. The lowest BCUT2D eigenvalue weighted by Gasteiger charge is -2.36. The quantitative estimate of drug-likeness (QED) is 0.147. The topological polar surface area (TPSA) is 178 Å². The number of hydrogen-bond donors (Lipinski definition) is 3. The van der Waals surface area contributed by atoms with E-state index >= 15 is 0 Å². The Bertz CT molecular complexity index is 2770. The summed E-state index contributed by atoms with van der Waals surface area (Å²) in [4.78, 5) is 82.0. The van der Waals surface area contributed by atoms with Crippen molar-refractivity contribution in [2.24, 2.45) is 12.5 Å². The molecular formula is C46H48BN10O6. The first-order valence-corrected chi connectivity index (χ1v) is 21.5. The number of aromatic nitrogens is 4. The Morgan fingerprint density at radius 2 is 1.75 bits per heavy atom. The molecule has 0 saturated carbocycles. The van der Waals surface area contributed by atoms with Crippen molar-refractivity contribution in [3.8, 4) is 11.1 Å². The fourth-order valence-corrected chi connectivity index (χ4v) is 10.0. The molecule has 1 unspecified atom stereocenters. The van der Waals surface area contributed by atoms with Crippen molar-refractivity contribution in [1.29, 1.82) is 0 Å². The third-order valence-corrected chi connectivity index (χ3v) is 13.2. The molecule has 0 spiro atoms. The van der Waals surface area contributed by atoms with Gasteiger partial charge in [-0.05, 0) is 77.8 Å². The van der Waals surface area contributed by atoms with Gasteiger partial charge in [0.2, 0.25) is 19.2 Å². The maximum absolute atomic E-state index is 14.0. The lowest BCUT2D eigenvalue weighted by molar-refractivity contribution is -0.136. The van der Waals surface area contributed by atoms with Crippen molar-refractivity contribution in [2.45, 2.75) is 65.3 Å². The van der Waals surface area contributed by atoms with Crippen molar-refractivity contribution >= 4 is 59.5 Å². The lowest BCUT2D eigenvalue weighted by Crippen LogP contribution is -2.52. The van der Waals surface area contributed by atoms with Gasteiger partial charge in [-0.15, -0.1) is 0 Å². The third-order valence-electron chi connectivity index (χ3n) is 13.2. The number of rotatable bonds is 9. The Kier molecular flexibility index (Phi) is 10.1. The van der Waals surface area contributed by atoms with Gasteiger partial charge in [-0.25, -0.2) is 9.97 Å². The average Bonchev–Trinajstić information content (AvgIpc) is 3.90. The van der Waals surface area contributed by atoms with Crippen LogP contribution in [0.3, 0.4) is 0 Å². The van der Waals surface area contributed by atoms with Crippen molar-refractivity contribution < 1.29 is 24.3 Å². The number of fused-ring (bicyclic) bond motifs is 4. The summed E-state index contributed by atoms with van der Waals surface area (Å²) in [7, 11) is 3.76. The number of benzene rings is 1. The SMILES string of the molecule is Cn1cc(-c2ccnc(N3CCn4c(cc5c4CC(C)(C)C5)C3=O)c2CO)cc(Nc2ccc(N3CCN([B]c4cccc5c4CN(C4CCC(=O)NC4=O)C5=O)CC3)cn2)c1=O. The molecule has 4 aliphatic heterocycles. The summed E-state index contributed by atoms with van der Waals surface area (Å²) < 4.78 is 3.64. The van der Waals surface area contributed by atoms with E-state index in [1.54, 1.807) is 53.6 Å². The standard InChI is InChI=1S/C46H48BN10O6/c1-46(2)21-27-20-37-45(63)56(18-17-55(37)38(27)22-46)41-33(26-58)30(11-12-48-41)28-19-35(44(62)52(3)24-28)50-39-9-7-29(23-49-39)53-13-15-54(16-14-53)47-34-6-4-5-31-32(34)25-57(43(31)61)36-8-10-40(59)51-42(36)60/h4-7,9,11-12,19-20,23-24,36,58H,8,10,13-18,21-22,25-26H2,1-3H3,(H,49,50)(H,51,59,60). The first kappa shape index (κ1) is 40.5. The maximum Gasteiger partial charge on any atom is 0.276 e. The van der Waals surface area contributed by atoms with Gasteiger partial charge in [-0.2, -0.15) is 0 Å². The molecule has 0 bridgehead atoms. The summed E-state index contributed by atoms with van der Waals surface area (Å²) in [5, 5.41) is 16.3. The predicted octanol–water partition coefficient (Wildman–Crippen LogP) is 2.49. The number of carbonyl (C=O) groups is 4. The molecule has 3 N–H and O–H groups in total. The molecule has 1 atom stereocenters. The number of aliphatic hydroxyl groups is 1. The van der Waals surface area contributed by atoms with E-state index in [-0.39, 0.29) is 41.7 Å². The van der Waals surface area contributed by atoms with Crippen LogP contribution in [0.4, 0.5) is 23.0 Å². The number of hydrogen-bond acceptors (Lipinski definition) is 11. The van der Waals surface area contributed by atoms with Crippen LogP contribution in [0.1, 0.15) is 69.9 Å². The first-order valence-electron chi connectivity index (χ1n) is 21.5. The van der Waals surface area contributed by atoms with Crippen LogP contribution in [0.2, 0.25) is 0 Å². The second-order valence-electron chi connectivity index (χ2n) is 18.0. The van der Waals surface area contributed by atoms with Crippen LogP contribution in [-0.4, -0.2) is 104 Å². The number of piperazine rings is 1. The van der Waals surface area contributed by atoms with Gasteiger partial charge in [0.1, 0.15) is 29.1 Å². The minimum atomic E-state index is -0.659. The number of carbonyl (C=O) groups excluding carboxylic acids is 4. The zero-order valence-electron chi connectivity index (χ0n) is 35.6. The highest BCUT2D eigenvalue weighted by Crippen LogP contribution is 2.40. The fraction of sp³-hybridized carbons (Fsp3) is 0.370. The molecular weight excluding hydrogens is 799 g/mol. The van der Waals surface area contributed by atoms with Crippen LogP contribution >= 0.6 is 0 Å². The van der Waals surface area contributed by atoms with E-state index < -0.39 is 11.9 Å². The third kappa shape index (κ3) is 7.28. The molecule has 1 aromatic carbocycles. The Labute approximate surface area is 364 Å². The van der Waals surface area contributed by atoms with E-state index in [1.807, 2.05) is 30.3 Å². The minimum absolute atomic E-state index is 0.138. The van der Waals surface area contributed by atoms with Crippen LogP contribution in [0, 0.1) is 5.41 Å². The van der Waals surface area contributed by atoms with Crippen molar-refractivity contribution in [3.63, 3.8) is 0 Å². The number of amides is 4. The molecule has 1 radical (unpaired) electrons. The van der Waals surface area contributed by atoms with E-state index in [0.29, 0.717) is 71.3 Å². The number of nitrogens with one attached hydrogen (secondary N) is 2. The molecule has 2 fully saturated rings. The summed E-state index contributed by atoms with van der Waals surface area (Å²) in [6.07, 6.45) is 7.55. The summed E-state index contributed by atoms with van der Waals surface area (Å²) in [6, 6.07) is 14.4. The van der Waals surface area contributed by atoms with Gasteiger partial charge >= 0.3 is 0 Å². The zero-order chi connectivity index (χ0) is 43.7. The van der Waals surface area contributed by atoms with Gasteiger partial charge in [-0.3, -0.25) is 34.2 Å². The van der Waals surface area contributed by atoms with E-state index in [9.17, 15) is 29.1 Å². The number of piperidine rings is 1. The molecule has 321 valence electrons. The zero-order valence-corrected chi connectivity index (χ0v) is 35.6. The summed E-state index contributed by atoms with van der Waals surface area (Å²) >= 11 is 0. The molecule has 10 rings (SSSR count). The Morgan fingerprint density at radius 3 is 2.51 bits per heavy atom. The number of aryl methyl sites for hydroxylation is 1. The molecule has 8 heterocycles. The Balaban J connectivity index is 0.800. The molecule has 16 nitrogen and oxygen atoms in total. The van der Waals surface area contributed by atoms with Crippen molar-refractivity contribution in [1.82, 2.24) is 34.1 Å².